The van der Waals surface area contributed by atoms with Crippen LogP contribution in [0.25, 0.3) is 0 Å². The zero-order valence-corrected chi connectivity index (χ0v) is 17.2. The van der Waals surface area contributed by atoms with Gasteiger partial charge < -0.3 is 9.64 Å². The number of halogens is 4. The minimum absolute atomic E-state index is 0. The quantitative estimate of drug-likeness (QED) is 0.715. The van der Waals surface area contributed by atoms with Crippen LogP contribution in [0.4, 0.5) is 10.1 Å². The lowest BCUT2D eigenvalue weighted by molar-refractivity contribution is 0.202. The molecule has 2 heterocycles. The third-order valence-corrected chi connectivity index (χ3v) is 4.74. The first-order chi connectivity index (χ1) is 10.7. The number of ether oxygens (including phenoxy) is 1. The number of thiazole rings is 1. The largest absolute Gasteiger partial charge is 0.481 e. The molecule has 0 radical (unpaired) electrons. The van der Waals surface area contributed by atoms with Crippen molar-refractivity contribution >= 4 is 54.2 Å². The minimum atomic E-state index is -0.183. The Bertz CT molecular complexity index is 607. The van der Waals surface area contributed by atoms with Gasteiger partial charge in [-0.2, -0.15) is 0 Å². The van der Waals surface area contributed by atoms with Crippen molar-refractivity contribution in [1.82, 2.24) is 9.88 Å². The van der Waals surface area contributed by atoms with E-state index in [0.29, 0.717) is 6.61 Å². The van der Waals surface area contributed by atoms with Crippen LogP contribution in [0.1, 0.15) is 5.69 Å². The summed E-state index contributed by atoms with van der Waals surface area (Å²) in [5.74, 6) is -0.183. The first-order valence-electron chi connectivity index (χ1n) is 7.48. The molecular formula is C16H23Cl3FN3OS. The van der Waals surface area contributed by atoms with E-state index in [9.17, 15) is 4.39 Å². The number of hydrogen-bond donors (Lipinski definition) is 0. The Morgan fingerprint density at radius 3 is 2.28 bits per heavy atom. The Labute approximate surface area is 170 Å². The SMILES string of the molecule is Cc1ncsc1OCCN1CCN(c2ccc(F)cc2)CC1.Cl.Cl.Cl. The molecule has 1 aliphatic heterocycles. The van der Waals surface area contributed by atoms with Crippen molar-refractivity contribution in [2.24, 2.45) is 0 Å². The third kappa shape index (κ3) is 6.79. The zero-order valence-electron chi connectivity index (χ0n) is 13.9. The molecule has 1 saturated heterocycles. The van der Waals surface area contributed by atoms with Gasteiger partial charge in [0.1, 0.15) is 12.4 Å². The third-order valence-electron chi connectivity index (χ3n) is 3.91. The molecule has 0 N–H and O–H groups in total. The minimum Gasteiger partial charge on any atom is -0.481 e. The van der Waals surface area contributed by atoms with Gasteiger partial charge in [-0.15, -0.1) is 37.2 Å². The second kappa shape index (κ2) is 11.8. The van der Waals surface area contributed by atoms with Crippen LogP contribution in [-0.4, -0.2) is 49.2 Å². The Morgan fingerprint density at radius 1 is 1.08 bits per heavy atom. The predicted octanol–water partition coefficient (Wildman–Crippen LogP) is 4.06. The van der Waals surface area contributed by atoms with Crippen molar-refractivity contribution in [2.75, 3.05) is 44.2 Å². The Kier molecular flexibility index (Phi) is 11.4. The fraction of sp³-hybridized carbons (Fsp3) is 0.438. The van der Waals surface area contributed by atoms with Crippen molar-refractivity contribution < 1.29 is 9.13 Å². The summed E-state index contributed by atoms with van der Waals surface area (Å²) in [7, 11) is 0. The summed E-state index contributed by atoms with van der Waals surface area (Å²) < 4.78 is 18.7. The molecule has 3 rings (SSSR count). The molecule has 0 unspecified atom stereocenters. The normalized spacial score (nSPS) is 14.1. The highest BCUT2D eigenvalue weighted by Crippen LogP contribution is 2.22. The smallest absolute Gasteiger partial charge is 0.196 e. The molecule has 25 heavy (non-hydrogen) atoms. The zero-order chi connectivity index (χ0) is 15.4. The molecular weight excluding hydrogens is 408 g/mol. The Morgan fingerprint density at radius 2 is 1.72 bits per heavy atom. The number of rotatable bonds is 5. The molecule has 2 aromatic rings. The van der Waals surface area contributed by atoms with E-state index in [1.807, 2.05) is 24.6 Å². The summed E-state index contributed by atoms with van der Waals surface area (Å²) >= 11 is 1.54. The predicted molar refractivity (Wildman–Crippen MR) is 109 cm³/mol. The van der Waals surface area contributed by atoms with Gasteiger partial charge in [-0.25, -0.2) is 9.37 Å². The van der Waals surface area contributed by atoms with Crippen LogP contribution in [0.5, 0.6) is 5.06 Å². The van der Waals surface area contributed by atoms with Gasteiger partial charge in [-0.1, -0.05) is 11.3 Å². The first-order valence-corrected chi connectivity index (χ1v) is 8.36. The van der Waals surface area contributed by atoms with Gasteiger partial charge in [0.05, 0.1) is 11.2 Å². The monoisotopic (exact) mass is 429 g/mol. The van der Waals surface area contributed by atoms with E-state index in [-0.39, 0.29) is 43.0 Å². The van der Waals surface area contributed by atoms with Gasteiger partial charge in [0, 0.05) is 38.4 Å². The standard InChI is InChI=1S/C16H20FN3OS.3ClH/c1-13-16(22-12-18-13)21-11-10-19-6-8-20(9-7-19)15-4-2-14(17)3-5-15;;;/h2-5,12H,6-11H2,1H3;3*1H. The van der Waals surface area contributed by atoms with E-state index in [1.165, 1.54) is 12.1 Å². The van der Waals surface area contributed by atoms with Crippen molar-refractivity contribution in [3.05, 3.63) is 41.3 Å². The maximum Gasteiger partial charge on any atom is 0.196 e. The number of nitrogens with zero attached hydrogens (tertiary/aromatic N) is 3. The second-order valence-corrected chi connectivity index (χ2v) is 6.20. The van der Waals surface area contributed by atoms with Gasteiger partial charge in [-0.05, 0) is 31.2 Å². The van der Waals surface area contributed by atoms with Crippen molar-refractivity contribution in [3.8, 4) is 5.06 Å². The number of piperazine rings is 1. The van der Waals surface area contributed by atoms with Crippen molar-refractivity contribution in [1.29, 1.82) is 0 Å². The van der Waals surface area contributed by atoms with E-state index >= 15 is 0 Å². The summed E-state index contributed by atoms with van der Waals surface area (Å²) in [4.78, 5) is 8.87. The highest BCUT2D eigenvalue weighted by atomic mass is 35.5. The number of benzene rings is 1. The molecule has 0 amide bonds. The Balaban J connectivity index is 0.00000192. The summed E-state index contributed by atoms with van der Waals surface area (Å²) in [6, 6.07) is 6.74. The number of aryl methyl sites for hydroxylation is 1. The fourth-order valence-electron chi connectivity index (χ4n) is 2.58. The molecule has 0 aliphatic carbocycles. The van der Waals surface area contributed by atoms with Crippen LogP contribution in [-0.2, 0) is 0 Å². The van der Waals surface area contributed by atoms with Gasteiger partial charge >= 0.3 is 0 Å². The van der Waals surface area contributed by atoms with E-state index < -0.39 is 0 Å². The molecule has 1 aliphatic rings. The van der Waals surface area contributed by atoms with Crippen molar-refractivity contribution in [2.45, 2.75) is 6.92 Å². The van der Waals surface area contributed by atoms with Crippen LogP contribution in [0.3, 0.4) is 0 Å². The van der Waals surface area contributed by atoms with E-state index in [2.05, 4.69) is 14.8 Å². The molecule has 142 valence electrons. The van der Waals surface area contributed by atoms with Crippen LogP contribution in [0, 0.1) is 12.7 Å². The lowest BCUT2D eigenvalue weighted by atomic mass is 10.2. The first kappa shape index (κ1) is 24.2. The molecule has 1 fully saturated rings. The molecule has 0 bridgehead atoms. The summed E-state index contributed by atoms with van der Waals surface area (Å²) in [6.45, 7) is 7.52. The van der Waals surface area contributed by atoms with E-state index in [1.54, 1.807) is 11.3 Å². The molecule has 1 aromatic carbocycles. The molecule has 0 saturated carbocycles. The molecule has 4 nitrogen and oxygen atoms in total. The molecule has 0 spiro atoms. The maximum atomic E-state index is 13.0. The summed E-state index contributed by atoms with van der Waals surface area (Å²) in [5.41, 5.74) is 3.87. The number of hydrogen-bond acceptors (Lipinski definition) is 5. The van der Waals surface area contributed by atoms with Gasteiger partial charge in [-0.3, -0.25) is 4.90 Å². The van der Waals surface area contributed by atoms with Crippen LogP contribution >= 0.6 is 48.6 Å². The highest BCUT2D eigenvalue weighted by molar-refractivity contribution is 7.11. The van der Waals surface area contributed by atoms with Gasteiger partial charge in [0.15, 0.2) is 5.06 Å². The Hall–Kier alpha value is -0.790. The fourth-order valence-corrected chi connectivity index (χ4v) is 3.26. The maximum absolute atomic E-state index is 13.0. The molecule has 9 heteroatoms. The number of aromatic nitrogens is 1. The molecule has 0 atom stereocenters. The van der Waals surface area contributed by atoms with E-state index in [0.717, 1.165) is 49.2 Å². The number of anilines is 1. The lowest BCUT2D eigenvalue weighted by Gasteiger charge is -2.36. The van der Waals surface area contributed by atoms with E-state index in [4.69, 9.17) is 4.74 Å². The lowest BCUT2D eigenvalue weighted by Crippen LogP contribution is -2.47. The van der Waals surface area contributed by atoms with Gasteiger partial charge in [0.2, 0.25) is 0 Å². The highest BCUT2D eigenvalue weighted by Gasteiger charge is 2.17. The second-order valence-electron chi connectivity index (χ2n) is 5.38. The summed E-state index contributed by atoms with van der Waals surface area (Å²) in [6.07, 6.45) is 0. The van der Waals surface area contributed by atoms with Gasteiger partial charge in [0.25, 0.3) is 0 Å². The van der Waals surface area contributed by atoms with Crippen LogP contribution < -0.4 is 9.64 Å². The van der Waals surface area contributed by atoms with Crippen molar-refractivity contribution in [3.63, 3.8) is 0 Å². The average Bonchev–Trinajstić information content (AvgIpc) is 2.94. The summed E-state index contributed by atoms with van der Waals surface area (Å²) in [5, 5.41) is 0.921. The topological polar surface area (TPSA) is 28.6 Å². The molecule has 1 aromatic heterocycles. The van der Waals surface area contributed by atoms with Crippen LogP contribution in [0.2, 0.25) is 0 Å². The average molecular weight is 431 g/mol. The van der Waals surface area contributed by atoms with Crippen LogP contribution in [0.15, 0.2) is 29.8 Å².